The summed E-state index contributed by atoms with van der Waals surface area (Å²) in [6.07, 6.45) is 3.99. The van der Waals surface area contributed by atoms with Crippen LogP contribution in [0.5, 0.6) is 0 Å². The van der Waals surface area contributed by atoms with E-state index in [0.717, 1.165) is 18.2 Å². The van der Waals surface area contributed by atoms with Crippen molar-refractivity contribution >= 4 is 5.69 Å². The Morgan fingerprint density at radius 3 is 2.69 bits per heavy atom. The number of nitrogens with one attached hydrogen (secondary N) is 1. The molecule has 2 rings (SSSR count). The van der Waals surface area contributed by atoms with E-state index in [1.807, 2.05) is 30.3 Å². The summed E-state index contributed by atoms with van der Waals surface area (Å²) >= 11 is 0. The van der Waals surface area contributed by atoms with Crippen LogP contribution in [-0.2, 0) is 4.84 Å². The summed E-state index contributed by atoms with van der Waals surface area (Å²) in [6, 6.07) is 9.97. The summed E-state index contributed by atoms with van der Waals surface area (Å²) in [6.45, 7) is 0.819. The molecule has 0 unspecified atom stereocenters. The zero-order valence-corrected chi connectivity index (χ0v) is 7.70. The zero-order valence-electron chi connectivity index (χ0n) is 7.70. The molecule has 70 valence electrons. The molecule has 0 aliphatic heterocycles. The first-order valence-electron chi connectivity index (χ1n) is 4.88. The van der Waals surface area contributed by atoms with Gasteiger partial charge in [0.25, 0.3) is 0 Å². The molecule has 0 spiro atoms. The van der Waals surface area contributed by atoms with Crippen LogP contribution in [0.3, 0.4) is 0 Å². The maximum Gasteiger partial charge on any atom is 0.0748 e. The lowest BCUT2D eigenvalue weighted by Crippen LogP contribution is -2.03. The Morgan fingerprint density at radius 2 is 2.00 bits per heavy atom. The van der Waals surface area contributed by atoms with Crippen LogP contribution < -0.4 is 5.48 Å². The van der Waals surface area contributed by atoms with Crippen molar-refractivity contribution in [3.8, 4) is 0 Å². The van der Waals surface area contributed by atoms with Gasteiger partial charge in [-0.1, -0.05) is 31.0 Å². The molecule has 1 aliphatic carbocycles. The average Bonchev–Trinajstić information content (AvgIpc) is 2.98. The van der Waals surface area contributed by atoms with Gasteiger partial charge in [0.2, 0.25) is 0 Å². The van der Waals surface area contributed by atoms with Gasteiger partial charge in [-0.25, -0.2) is 0 Å². The Labute approximate surface area is 78.9 Å². The molecule has 0 saturated heterocycles. The number of hydrogen-bond acceptors (Lipinski definition) is 2. The van der Waals surface area contributed by atoms with Gasteiger partial charge in [-0.15, -0.1) is 0 Å². The predicted octanol–water partition coefficient (Wildman–Crippen LogP) is 2.83. The topological polar surface area (TPSA) is 21.3 Å². The van der Waals surface area contributed by atoms with E-state index in [1.165, 1.54) is 19.3 Å². The van der Waals surface area contributed by atoms with E-state index < -0.39 is 0 Å². The standard InChI is InChI=1S/C11H15NO/c1-2-4-11(5-3-1)12-13-9-8-10-6-7-10/h1-5,10,12H,6-9H2. The highest BCUT2D eigenvalue weighted by Gasteiger charge is 2.20. The number of rotatable bonds is 5. The van der Waals surface area contributed by atoms with Gasteiger partial charge in [0.15, 0.2) is 0 Å². The van der Waals surface area contributed by atoms with Crippen LogP contribution in [0.4, 0.5) is 5.69 Å². The first-order chi connectivity index (χ1) is 6.45. The zero-order chi connectivity index (χ0) is 8.93. The molecule has 2 heteroatoms. The first kappa shape index (κ1) is 8.57. The van der Waals surface area contributed by atoms with Crippen molar-refractivity contribution in [2.24, 2.45) is 5.92 Å². The van der Waals surface area contributed by atoms with Gasteiger partial charge in [0, 0.05) is 0 Å². The normalized spacial score (nSPS) is 15.7. The molecule has 1 N–H and O–H groups in total. The van der Waals surface area contributed by atoms with Crippen LogP contribution >= 0.6 is 0 Å². The quantitative estimate of drug-likeness (QED) is 0.551. The van der Waals surface area contributed by atoms with Gasteiger partial charge in [-0.05, 0) is 24.5 Å². The van der Waals surface area contributed by atoms with Crippen LogP contribution in [-0.4, -0.2) is 6.61 Å². The molecule has 0 heterocycles. The predicted molar refractivity (Wildman–Crippen MR) is 53.4 cm³/mol. The Bertz CT molecular complexity index is 244. The third kappa shape index (κ3) is 3.07. The number of hydrogen-bond donors (Lipinski definition) is 1. The lowest BCUT2D eigenvalue weighted by atomic mass is 10.3. The van der Waals surface area contributed by atoms with Gasteiger partial charge >= 0.3 is 0 Å². The monoisotopic (exact) mass is 177 g/mol. The molecular formula is C11H15NO. The Morgan fingerprint density at radius 1 is 1.23 bits per heavy atom. The summed E-state index contributed by atoms with van der Waals surface area (Å²) in [4.78, 5) is 5.32. The van der Waals surface area contributed by atoms with E-state index in [0.29, 0.717) is 0 Å². The van der Waals surface area contributed by atoms with Crippen LogP contribution in [0.25, 0.3) is 0 Å². The van der Waals surface area contributed by atoms with Crippen LogP contribution in [0.1, 0.15) is 19.3 Å². The van der Waals surface area contributed by atoms with Crippen molar-refractivity contribution in [1.29, 1.82) is 0 Å². The Hall–Kier alpha value is -1.02. The fourth-order valence-electron chi connectivity index (χ4n) is 1.27. The largest absolute Gasteiger partial charge is 0.276 e. The smallest absolute Gasteiger partial charge is 0.0748 e. The van der Waals surface area contributed by atoms with Gasteiger partial charge < -0.3 is 0 Å². The molecule has 1 aliphatic rings. The molecular weight excluding hydrogens is 162 g/mol. The Kier molecular flexibility index (Phi) is 2.82. The van der Waals surface area contributed by atoms with E-state index in [2.05, 4.69) is 5.48 Å². The summed E-state index contributed by atoms with van der Waals surface area (Å²) in [5.41, 5.74) is 3.95. The lowest BCUT2D eigenvalue weighted by molar-refractivity contribution is 0.185. The van der Waals surface area contributed by atoms with E-state index in [1.54, 1.807) is 0 Å². The third-order valence-electron chi connectivity index (χ3n) is 2.29. The summed E-state index contributed by atoms with van der Waals surface area (Å²) in [5, 5.41) is 0. The molecule has 1 aromatic carbocycles. The fourth-order valence-corrected chi connectivity index (χ4v) is 1.27. The molecule has 0 amide bonds. The fraction of sp³-hybridized carbons (Fsp3) is 0.455. The van der Waals surface area contributed by atoms with E-state index in [9.17, 15) is 0 Å². The average molecular weight is 177 g/mol. The molecule has 0 radical (unpaired) electrons. The molecule has 0 atom stereocenters. The molecule has 0 bridgehead atoms. The summed E-state index contributed by atoms with van der Waals surface area (Å²) in [5.74, 6) is 0.942. The molecule has 1 fully saturated rings. The van der Waals surface area contributed by atoms with Gasteiger partial charge in [-0.2, -0.15) is 0 Å². The SMILES string of the molecule is c1ccc(NOCCC2CC2)cc1. The second-order valence-corrected chi connectivity index (χ2v) is 3.55. The minimum Gasteiger partial charge on any atom is -0.276 e. The maximum absolute atomic E-state index is 5.32. The molecule has 1 saturated carbocycles. The van der Waals surface area contributed by atoms with E-state index in [4.69, 9.17) is 4.84 Å². The van der Waals surface area contributed by atoms with Crippen LogP contribution in [0.2, 0.25) is 0 Å². The van der Waals surface area contributed by atoms with Gasteiger partial charge in [0.05, 0.1) is 12.3 Å². The highest BCUT2D eigenvalue weighted by Crippen LogP contribution is 2.32. The van der Waals surface area contributed by atoms with Crippen molar-refractivity contribution in [1.82, 2.24) is 0 Å². The summed E-state index contributed by atoms with van der Waals surface area (Å²) < 4.78 is 0. The third-order valence-corrected chi connectivity index (χ3v) is 2.29. The maximum atomic E-state index is 5.32. The number of para-hydroxylation sites is 1. The second-order valence-electron chi connectivity index (χ2n) is 3.55. The minimum absolute atomic E-state index is 0.819. The van der Waals surface area contributed by atoms with Gasteiger partial charge in [-0.3, -0.25) is 10.3 Å². The minimum atomic E-state index is 0.819. The molecule has 1 aromatic rings. The van der Waals surface area contributed by atoms with Crippen molar-refractivity contribution in [2.45, 2.75) is 19.3 Å². The highest BCUT2D eigenvalue weighted by molar-refractivity contribution is 5.39. The molecule has 0 aromatic heterocycles. The van der Waals surface area contributed by atoms with E-state index in [-0.39, 0.29) is 0 Å². The molecule has 2 nitrogen and oxygen atoms in total. The first-order valence-corrected chi connectivity index (χ1v) is 4.88. The second kappa shape index (κ2) is 4.28. The van der Waals surface area contributed by atoms with Crippen molar-refractivity contribution < 1.29 is 4.84 Å². The van der Waals surface area contributed by atoms with Crippen molar-refractivity contribution in [2.75, 3.05) is 12.1 Å². The lowest BCUT2D eigenvalue weighted by Gasteiger charge is -2.05. The van der Waals surface area contributed by atoms with Crippen LogP contribution in [0, 0.1) is 5.92 Å². The number of anilines is 1. The van der Waals surface area contributed by atoms with Crippen molar-refractivity contribution in [3.63, 3.8) is 0 Å². The van der Waals surface area contributed by atoms with E-state index >= 15 is 0 Å². The Balaban J connectivity index is 1.61. The van der Waals surface area contributed by atoms with Crippen molar-refractivity contribution in [3.05, 3.63) is 30.3 Å². The van der Waals surface area contributed by atoms with Gasteiger partial charge in [0.1, 0.15) is 0 Å². The number of benzene rings is 1. The molecule has 13 heavy (non-hydrogen) atoms. The van der Waals surface area contributed by atoms with Crippen LogP contribution in [0.15, 0.2) is 30.3 Å². The summed E-state index contributed by atoms with van der Waals surface area (Å²) in [7, 11) is 0. The highest BCUT2D eigenvalue weighted by atomic mass is 16.6.